The Bertz CT molecular complexity index is 3220. The molecule has 6 heteroatoms. The summed E-state index contributed by atoms with van der Waals surface area (Å²) in [5, 5.41) is 10.8. The molecule has 1 atom stereocenters. The number of allylic oxidation sites excluding steroid dienone is 1. The van der Waals surface area contributed by atoms with Crippen LogP contribution in [0.1, 0.15) is 29.0 Å². The quantitative estimate of drug-likeness (QED) is 0.164. The SMILES string of the molecule is C1=NC=C(c2cncc(-c3cccc(-c4cc(-c5cccc(C6=CN=CC(c7cncnc7)C6)c5)cc(-c5ccc6c7ccccc7c7ccccc7c6c5)c4)c3)c2)CN1. The van der Waals surface area contributed by atoms with Crippen molar-refractivity contribution in [1.29, 1.82) is 0 Å². The van der Waals surface area contributed by atoms with Crippen molar-refractivity contribution in [1.82, 2.24) is 20.3 Å². The topological polar surface area (TPSA) is 75.4 Å². The number of hydrogen-bond acceptors (Lipinski definition) is 6. The number of aromatic nitrogens is 3. The summed E-state index contributed by atoms with van der Waals surface area (Å²) >= 11 is 0. The standard InChI is InChI=1S/C54H38N6/c1-2-13-51-49(11-1)50-12-3-4-14-52(50)54-24-39(15-16-53(51)54)42-20-40(35-7-5-9-37(17-35)43-22-45(27-55-25-43)47-29-57-33-58-30-47)19-41(21-42)36-8-6-10-38(18-36)44-23-46(28-56-26-44)48-31-59-34-60-32-48/h1-22,24-29,31-34,46H,23,30H2,(H,57,58). The van der Waals surface area contributed by atoms with Crippen molar-refractivity contribution in [2.24, 2.45) is 9.98 Å². The van der Waals surface area contributed by atoms with Gasteiger partial charge in [0.25, 0.3) is 0 Å². The van der Waals surface area contributed by atoms with E-state index in [-0.39, 0.29) is 5.92 Å². The second-order valence-corrected chi connectivity index (χ2v) is 15.5. The summed E-state index contributed by atoms with van der Waals surface area (Å²) in [7, 11) is 0. The van der Waals surface area contributed by atoms with E-state index in [9.17, 15) is 0 Å². The Kier molecular flexibility index (Phi) is 8.93. The third-order valence-corrected chi connectivity index (χ3v) is 11.8. The first-order chi connectivity index (χ1) is 29.7. The Morgan fingerprint density at radius 3 is 1.60 bits per heavy atom. The largest absolute Gasteiger partial charge is 0.372 e. The highest BCUT2D eigenvalue weighted by molar-refractivity contribution is 6.25. The fourth-order valence-electron chi connectivity index (χ4n) is 8.80. The van der Waals surface area contributed by atoms with Crippen molar-refractivity contribution in [3.63, 3.8) is 0 Å². The van der Waals surface area contributed by atoms with Gasteiger partial charge in [0.05, 0.1) is 6.34 Å². The molecule has 0 radical (unpaired) electrons. The molecule has 0 aliphatic carbocycles. The average Bonchev–Trinajstić information content (AvgIpc) is 3.34. The van der Waals surface area contributed by atoms with Crippen LogP contribution in [0.15, 0.2) is 193 Å². The lowest BCUT2D eigenvalue weighted by molar-refractivity contribution is 0.899. The summed E-state index contributed by atoms with van der Waals surface area (Å²) in [6, 6.07) is 51.4. The molecule has 0 saturated heterocycles. The Labute approximate surface area is 348 Å². The van der Waals surface area contributed by atoms with Crippen molar-refractivity contribution in [3.8, 4) is 44.5 Å². The monoisotopic (exact) mass is 770 g/mol. The minimum atomic E-state index is 0.124. The molecule has 2 aliphatic rings. The van der Waals surface area contributed by atoms with Gasteiger partial charge in [-0.05, 0) is 148 Å². The normalized spacial score (nSPS) is 14.9. The number of hydrogen-bond donors (Lipinski definition) is 1. The zero-order valence-corrected chi connectivity index (χ0v) is 32.7. The maximum atomic E-state index is 4.67. The van der Waals surface area contributed by atoms with Gasteiger partial charge < -0.3 is 5.32 Å². The second-order valence-electron chi connectivity index (χ2n) is 15.5. The van der Waals surface area contributed by atoms with Gasteiger partial charge in [-0.15, -0.1) is 0 Å². The smallest absolute Gasteiger partial charge is 0.115 e. The number of pyridine rings is 1. The van der Waals surface area contributed by atoms with Crippen LogP contribution in [0.2, 0.25) is 0 Å². The van der Waals surface area contributed by atoms with E-state index in [1.165, 1.54) is 43.5 Å². The van der Waals surface area contributed by atoms with E-state index in [1.807, 2.05) is 43.4 Å². The Balaban J connectivity index is 1.05. The highest BCUT2D eigenvalue weighted by Crippen LogP contribution is 2.40. The van der Waals surface area contributed by atoms with Crippen LogP contribution in [0, 0.1) is 0 Å². The average molecular weight is 771 g/mol. The molecule has 284 valence electrons. The molecule has 1 N–H and O–H groups in total. The van der Waals surface area contributed by atoms with Gasteiger partial charge in [0.2, 0.25) is 0 Å². The molecule has 2 aliphatic heterocycles. The Morgan fingerprint density at radius 2 is 0.933 bits per heavy atom. The van der Waals surface area contributed by atoms with Gasteiger partial charge in [0.15, 0.2) is 0 Å². The minimum Gasteiger partial charge on any atom is -0.372 e. The molecular weight excluding hydrogens is 733 g/mol. The van der Waals surface area contributed by atoms with Crippen LogP contribution in [-0.4, -0.2) is 34.0 Å². The lowest BCUT2D eigenvalue weighted by atomic mass is 9.87. The van der Waals surface area contributed by atoms with Crippen molar-refractivity contribution in [2.75, 3.05) is 6.54 Å². The second kappa shape index (κ2) is 15.2. The molecule has 0 spiro atoms. The minimum absolute atomic E-state index is 0.124. The van der Waals surface area contributed by atoms with Gasteiger partial charge in [-0.2, -0.15) is 0 Å². The number of fused-ring (bicyclic) bond motifs is 6. The van der Waals surface area contributed by atoms with Gasteiger partial charge in [0, 0.05) is 61.4 Å². The molecular formula is C54H38N6. The number of nitrogens with zero attached hydrogens (tertiary/aromatic N) is 5. The highest BCUT2D eigenvalue weighted by Gasteiger charge is 2.18. The molecule has 0 bridgehead atoms. The summed E-state index contributed by atoms with van der Waals surface area (Å²) in [6.07, 6.45) is 17.6. The first-order valence-corrected chi connectivity index (χ1v) is 20.3. The number of benzene rings is 7. The zero-order valence-electron chi connectivity index (χ0n) is 32.7. The zero-order chi connectivity index (χ0) is 39.8. The van der Waals surface area contributed by atoms with Crippen molar-refractivity contribution >= 4 is 56.0 Å². The highest BCUT2D eigenvalue weighted by atomic mass is 15.0. The van der Waals surface area contributed by atoms with Crippen LogP contribution < -0.4 is 5.32 Å². The molecule has 60 heavy (non-hydrogen) atoms. The summed E-state index contributed by atoms with van der Waals surface area (Å²) in [4.78, 5) is 22.2. The van der Waals surface area contributed by atoms with Gasteiger partial charge in [-0.1, -0.05) is 97.1 Å². The Hall–Kier alpha value is -7.83. The predicted molar refractivity (Wildman–Crippen MR) is 249 cm³/mol. The molecule has 0 fully saturated rings. The summed E-state index contributed by atoms with van der Waals surface area (Å²) in [6.45, 7) is 0.722. The molecule has 0 amide bonds. The van der Waals surface area contributed by atoms with E-state index in [0.717, 1.165) is 74.2 Å². The number of nitrogens with one attached hydrogen (secondary N) is 1. The fourth-order valence-corrected chi connectivity index (χ4v) is 8.80. The lowest BCUT2D eigenvalue weighted by Crippen LogP contribution is -2.16. The van der Waals surface area contributed by atoms with Gasteiger partial charge >= 0.3 is 0 Å². The van der Waals surface area contributed by atoms with Gasteiger partial charge in [-0.3, -0.25) is 9.98 Å². The van der Waals surface area contributed by atoms with Crippen LogP contribution in [-0.2, 0) is 0 Å². The van der Waals surface area contributed by atoms with Crippen LogP contribution >= 0.6 is 0 Å². The van der Waals surface area contributed by atoms with E-state index in [4.69, 9.17) is 0 Å². The molecule has 6 nitrogen and oxygen atoms in total. The third kappa shape index (κ3) is 6.64. The number of aliphatic imine (C=N–C) groups is 2. The predicted octanol–water partition coefficient (Wildman–Crippen LogP) is 12.6. The fraction of sp³-hybridized carbons (Fsp3) is 0.0556. The number of rotatable bonds is 7. The maximum Gasteiger partial charge on any atom is 0.115 e. The van der Waals surface area contributed by atoms with E-state index in [1.54, 1.807) is 12.7 Å². The first-order valence-electron chi connectivity index (χ1n) is 20.3. The molecule has 0 saturated carbocycles. The first kappa shape index (κ1) is 35.3. The molecule has 9 aromatic rings. The van der Waals surface area contributed by atoms with Crippen molar-refractivity contribution < 1.29 is 0 Å². The molecule has 1 unspecified atom stereocenters. The van der Waals surface area contributed by atoms with Crippen LogP contribution in [0.4, 0.5) is 0 Å². The van der Waals surface area contributed by atoms with Gasteiger partial charge in [0.1, 0.15) is 6.33 Å². The van der Waals surface area contributed by atoms with Crippen LogP contribution in [0.3, 0.4) is 0 Å². The summed E-state index contributed by atoms with van der Waals surface area (Å²) in [5.74, 6) is 0.124. The van der Waals surface area contributed by atoms with E-state index in [2.05, 4.69) is 170 Å². The van der Waals surface area contributed by atoms with E-state index < -0.39 is 0 Å². The molecule has 2 aromatic heterocycles. The molecule has 4 heterocycles. The van der Waals surface area contributed by atoms with Crippen molar-refractivity contribution in [2.45, 2.75) is 12.3 Å². The van der Waals surface area contributed by atoms with Crippen LogP contribution in [0.25, 0.3) is 88.0 Å². The van der Waals surface area contributed by atoms with Gasteiger partial charge in [-0.25, -0.2) is 15.0 Å². The van der Waals surface area contributed by atoms with Crippen LogP contribution in [0.5, 0.6) is 0 Å². The summed E-state index contributed by atoms with van der Waals surface area (Å²) < 4.78 is 0. The lowest BCUT2D eigenvalue weighted by Gasteiger charge is -2.18. The third-order valence-electron chi connectivity index (χ3n) is 11.8. The molecule has 11 rings (SSSR count). The Morgan fingerprint density at radius 1 is 0.400 bits per heavy atom. The summed E-state index contributed by atoms with van der Waals surface area (Å²) in [5.41, 5.74) is 14.6. The van der Waals surface area contributed by atoms with E-state index in [0.29, 0.717) is 0 Å². The molecule has 7 aromatic carbocycles. The van der Waals surface area contributed by atoms with Crippen molar-refractivity contribution in [3.05, 3.63) is 200 Å². The maximum absolute atomic E-state index is 4.67. The van der Waals surface area contributed by atoms with E-state index >= 15 is 0 Å².